The first-order chi connectivity index (χ1) is 17.3. The van der Waals surface area contributed by atoms with Crippen LogP contribution < -0.4 is 5.73 Å². The van der Waals surface area contributed by atoms with Gasteiger partial charge in [-0.15, -0.1) is 0 Å². The number of likely N-dealkylation sites (tertiary alicyclic amines) is 1. The van der Waals surface area contributed by atoms with E-state index in [0.717, 1.165) is 56.3 Å². The number of nitrogens with two attached hydrogens (primary N) is 1. The predicted octanol–water partition coefficient (Wildman–Crippen LogP) is 4.14. The summed E-state index contributed by atoms with van der Waals surface area (Å²) in [5.74, 6) is 0.409. The van der Waals surface area contributed by atoms with Crippen molar-refractivity contribution in [3.05, 3.63) is 79.9 Å². The summed E-state index contributed by atoms with van der Waals surface area (Å²) in [5, 5.41) is 22.4. The van der Waals surface area contributed by atoms with E-state index in [0.29, 0.717) is 30.3 Å². The fraction of sp³-hybridized carbons (Fsp3) is 0.480. The Bertz CT molecular complexity index is 1090. The van der Waals surface area contributed by atoms with Crippen molar-refractivity contribution < 1.29 is 9.85 Å². The van der Waals surface area contributed by atoms with E-state index in [1.54, 1.807) is 24.3 Å². The van der Waals surface area contributed by atoms with Crippen LogP contribution in [0, 0.1) is 20.2 Å². The Labute approximate surface area is 215 Å². The number of thiol groups is 1. The molecule has 10 nitrogen and oxygen atoms in total. The first-order valence-corrected chi connectivity index (χ1v) is 12.8. The van der Waals surface area contributed by atoms with Gasteiger partial charge in [0.15, 0.2) is 5.96 Å². The van der Waals surface area contributed by atoms with Crippen molar-refractivity contribution in [2.24, 2.45) is 10.7 Å². The van der Waals surface area contributed by atoms with Crippen LogP contribution in [0.2, 0.25) is 0 Å². The van der Waals surface area contributed by atoms with Gasteiger partial charge < -0.3 is 10.6 Å². The number of guanidine groups is 1. The fourth-order valence-corrected chi connectivity index (χ4v) is 5.46. The zero-order chi connectivity index (χ0) is 25.7. The molecule has 0 aromatic heterocycles. The lowest BCUT2D eigenvalue weighted by atomic mass is 9.89. The van der Waals surface area contributed by atoms with Crippen LogP contribution in [0.1, 0.15) is 43.2 Å². The summed E-state index contributed by atoms with van der Waals surface area (Å²) in [6, 6.07) is 13.6. The molecule has 1 heterocycles. The van der Waals surface area contributed by atoms with E-state index in [9.17, 15) is 20.2 Å². The third-order valence-electron chi connectivity index (χ3n) is 7.18. The Morgan fingerprint density at radius 2 is 1.50 bits per heavy atom. The second-order valence-corrected chi connectivity index (χ2v) is 10.3. The molecule has 4 rings (SSSR count). The van der Waals surface area contributed by atoms with Gasteiger partial charge in [0, 0.05) is 54.7 Å². The molecule has 0 amide bonds. The Morgan fingerprint density at radius 3 is 2.00 bits per heavy atom. The van der Waals surface area contributed by atoms with Crippen LogP contribution >= 0.6 is 12.6 Å². The molecule has 1 aliphatic heterocycles. The summed E-state index contributed by atoms with van der Waals surface area (Å²) in [5.41, 5.74) is 8.36. The molecule has 2 aromatic rings. The number of non-ortho nitro benzene ring substituents is 2. The molecule has 2 fully saturated rings. The van der Waals surface area contributed by atoms with Crippen molar-refractivity contribution in [2.75, 3.05) is 13.1 Å². The van der Waals surface area contributed by atoms with E-state index in [4.69, 9.17) is 5.73 Å². The van der Waals surface area contributed by atoms with Crippen LogP contribution in [0.15, 0.2) is 53.5 Å². The molecule has 1 saturated heterocycles. The van der Waals surface area contributed by atoms with Crippen molar-refractivity contribution in [3.63, 3.8) is 0 Å². The third-order valence-corrected chi connectivity index (χ3v) is 7.60. The van der Waals surface area contributed by atoms with Gasteiger partial charge in [-0.2, -0.15) is 12.6 Å². The molecular formula is C25H32N6O4S. The second-order valence-electron chi connectivity index (χ2n) is 9.55. The lowest BCUT2D eigenvalue weighted by molar-refractivity contribution is -0.385. The van der Waals surface area contributed by atoms with E-state index in [2.05, 4.69) is 27.4 Å². The Hall–Kier alpha value is -3.18. The van der Waals surface area contributed by atoms with Crippen molar-refractivity contribution in [1.82, 2.24) is 9.80 Å². The highest BCUT2D eigenvalue weighted by atomic mass is 32.1. The van der Waals surface area contributed by atoms with Crippen molar-refractivity contribution in [1.29, 1.82) is 0 Å². The number of rotatable bonds is 8. The average Bonchev–Trinajstić information content (AvgIpc) is 3.32. The number of benzene rings is 2. The summed E-state index contributed by atoms with van der Waals surface area (Å²) in [7, 11) is 0. The Balaban J connectivity index is 1.47. The van der Waals surface area contributed by atoms with E-state index in [1.165, 1.54) is 24.3 Å². The lowest BCUT2D eigenvalue weighted by Crippen LogP contribution is -2.48. The third kappa shape index (κ3) is 6.52. The number of aliphatic imine (C=N–C) groups is 1. The number of hydrogen-bond donors (Lipinski definition) is 2. The van der Waals surface area contributed by atoms with Gasteiger partial charge in [-0.1, -0.05) is 24.3 Å². The minimum Gasteiger partial charge on any atom is -0.370 e. The molecule has 1 aliphatic carbocycles. The maximum absolute atomic E-state index is 11.0. The van der Waals surface area contributed by atoms with Gasteiger partial charge >= 0.3 is 0 Å². The van der Waals surface area contributed by atoms with Gasteiger partial charge in [-0.05, 0) is 49.8 Å². The maximum Gasteiger partial charge on any atom is 0.269 e. The molecule has 11 heteroatoms. The number of nitro groups is 2. The van der Waals surface area contributed by atoms with Crippen LogP contribution in [0.25, 0.3) is 0 Å². The van der Waals surface area contributed by atoms with Gasteiger partial charge in [-0.3, -0.25) is 25.1 Å². The summed E-state index contributed by atoms with van der Waals surface area (Å²) < 4.78 is 0. The molecule has 192 valence electrons. The van der Waals surface area contributed by atoms with Crippen LogP contribution in [0.5, 0.6) is 0 Å². The van der Waals surface area contributed by atoms with Gasteiger partial charge in [-0.25, -0.2) is 4.99 Å². The van der Waals surface area contributed by atoms with Crippen LogP contribution in [0.3, 0.4) is 0 Å². The molecule has 2 aromatic carbocycles. The number of hydrogen-bond acceptors (Lipinski definition) is 7. The van der Waals surface area contributed by atoms with Crippen molar-refractivity contribution >= 4 is 30.0 Å². The quantitative estimate of drug-likeness (QED) is 0.179. The van der Waals surface area contributed by atoms with E-state index in [1.807, 2.05) is 0 Å². The highest BCUT2D eigenvalue weighted by Gasteiger charge is 2.32. The van der Waals surface area contributed by atoms with Crippen molar-refractivity contribution in [2.45, 2.75) is 62.5 Å². The molecule has 2 N–H and O–H groups in total. The molecule has 1 atom stereocenters. The summed E-state index contributed by atoms with van der Waals surface area (Å²) in [6.07, 6.45) is 5.27. The highest BCUT2D eigenvalue weighted by molar-refractivity contribution is 7.81. The normalized spacial score (nSPS) is 22.9. The Morgan fingerprint density at radius 1 is 0.944 bits per heavy atom. The predicted molar refractivity (Wildman–Crippen MR) is 142 cm³/mol. The monoisotopic (exact) mass is 512 g/mol. The molecule has 0 spiro atoms. The lowest BCUT2D eigenvalue weighted by Gasteiger charge is -2.40. The number of nitrogens with zero attached hydrogens (tertiary/aromatic N) is 5. The molecule has 0 bridgehead atoms. The van der Waals surface area contributed by atoms with E-state index < -0.39 is 9.85 Å². The first-order valence-electron chi connectivity index (χ1n) is 12.3. The zero-order valence-electron chi connectivity index (χ0n) is 20.1. The molecule has 0 unspecified atom stereocenters. The fourth-order valence-electron chi connectivity index (χ4n) is 5.14. The molecular weight excluding hydrogens is 480 g/mol. The van der Waals surface area contributed by atoms with Gasteiger partial charge in [0.2, 0.25) is 0 Å². The van der Waals surface area contributed by atoms with Gasteiger partial charge in [0.1, 0.15) is 0 Å². The van der Waals surface area contributed by atoms with Crippen LogP contribution in [0.4, 0.5) is 11.4 Å². The summed E-state index contributed by atoms with van der Waals surface area (Å²) in [4.78, 5) is 30.4. The zero-order valence-corrected chi connectivity index (χ0v) is 21.0. The standard InChI is InChI=1S/C25H32N6O4S/c26-25(27-15-18-1-5-22(6-2-18)30(32)33)29(16-19-3-7-23(8-4-19)31(34)35)21-11-9-20(10-12-21)28-14-13-24(36)17-28/h1-8,20-21,24,36H,9-17H2,(H2,26,27)/t20?,21?,24-/m1/s1. The minimum atomic E-state index is -0.428. The SMILES string of the molecule is NC(=NCc1ccc([N+](=O)[O-])cc1)N(Cc1ccc([N+](=O)[O-])cc1)C1CCC(N2CC[C@@H](S)C2)CC1. The molecule has 36 heavy (non-hydrogen) atoms. The minimum absolute atomic E-state index is 0.0366. The highest BCUT2D eigenvalue weighted by Crippen LogP contribution is 2.30. The van der Waals surface area contributed by atoms with Crippen LogP contribution in [-0.2, 0) is 13.1 Å². The Kier molecular flexibility index (Phi) is 8.42. The average molecular weight is 513 g/mol. The first kappa shape index (κ1) is 25.9. The maximum atomic E-state index is 11.0. The largest absolute Gasteiger partial charge is 0.370 e. The second kappa shape index (κ2) is 11.7. The summed E-state index contributed by atoms with van der Waals surface area (Å²) >= 11 is 4.64. The van der Waals surface area contributed by atoms with Gasteiger partial charge in [0.25, 0.3) is 11.4 Å². The van der Waals surface area contributed by atoms with E-state index >= 15 is 0 Å². The smallest absolute Gasteiger partial charge is 0.269 e. The van der Waals surface area contributed by atoms with E-state index in [-0.39, 0.29) is 17.4 Å². The van der Waals surface area contributed by atoms with Crippen LogP contribution in [-0.4, -0.2) is 56.0 Å². The molecule has 1 saturated carbocycles. The molecule has 2 aliphatic rings. The summed E-state index contributed by atoms with van der Waals surface area (Å²) in [6.45, 7) is 2.97. The van der Waals surface area contributed by atoms with Crippen molar-refractivity contribution in [3.8, 4) is 0 Å². The van der Waals surface area contributed by atoms with Gasteiger partial charge in [0.05, 0.1) is 16.4 Å². The topological polar surface area (TPSA) is 131 Å². The number of nitro benzene ring substituents is 2. The molecule has 0 radical (unpaired) electrons.